The lowest BCUT2D eigenvalue weighted by molar-refractivity contribution is 0.0467. The molecule has 1 aromatic carbocycles. The molecule has 0 aliphatic rings. The van der Waals surface area contributed by atoms with Crippen LogP contribution in [0, 0.1) is 6.92 Å². The van der Waals surface area contributed by atoms with E-state index in [1.54, 1.807) is 12.3 Å². The third kappa shape index (κ3) is 3.91. The smallest absolute Gasteiger partial charge is 0.340 e. The molecule has 3 rings (SSSR count). The normalized spacial score (nSPS) is 11.5. The largest absolute Gasteiger partial charge is 0.456 e. The van der Waals surface area contributed by atoms with Gasteiger partial charge in [0.15, 0.2) is 0 Å². The standard InChI is InChI=1S/C18H16ClN3O5S/c1-11-4-3-7-22-16(23)8-12(21-17(11)22)10-27-18(24)14-9-13(5-6-15(14)19)28(25,26)20-2/h3-9,20H,10H2,1-2H3. The molecule has 0 saturated heterocycles. The maximum Gasteiger partial charge on any atom is 0.340 e. The molecule has 10 heteroatoms. The van der Waals surface area contributed by atoms with E-state index in [0.717, 1.165) is 11.6 Å². The van der Waals surface area contributed by atoms with Crippen molar-refractivity contribution in [1.82, 2.24) is 14.1 Å². The maximum absolute atomic E-state index is 12.4. The van der Waals surface area contributed by atoms with Crippen molar-refractivity contribution in [2.75, 3.05) is 7.05 Å². The first-order valence-corrected chi connectivity index (χ1v) is 9.97. The first kappa shape index (κ1) is 20.0. The SMILES string of the molecule is CNS(=O)(=O)c1ccc(Cl)c(C(=O)OCc2cc(=O)n3cccc(C)c3n2)c1. The number of rotatable bonds is 5. The van der Waals surface area contributed by atoms with Crippen LogP contribution in [0.25, 0.3) is 5.65 Å². The van der Waals surface area contributed by atoms with E-state index in [0.29, 0.717) is 5.65 Å². The van der Waals surface area contributed by atoms with Gasteiger partial charge in [0.25, 0.3) is 5.56 Å². The number of nitrogens with zero attached hydrogens (tertiary/aromatic N) is 2. The van der Waals surface area contributed by atoms with Crippen LogP contribution >= 0.6 is 11.6 Å². The second-order valence-corrected chi connectivity index (χ2v) is 8.19. The van der Waals surface area contributed by atoms with E-state index in [-0.39, 0.29) is 33.3 Å². The molecule has 0 amide bonds. The lowest BCUT2D eigenvalue weighted by Gasteiger charge is -2.09. The average Bonchev–Trinajstić information content (AvgIpc) is 2.67. The van der Waals surface area contributed by atoms with Crippen LogP contribution in [-0.4, -0.2) is 30.8 Å². The van der Waals surface area contributed by atoms with Gasteiger partial charge in [-0.2, -0.15) is 0 Å². The Morgan fingerprint density at radius 1 is 1.29 bits per heavy atom. The van der Waals surface area contributed by atoms with E-state index in [1.165, 1.54) is 29.6 Å². The Hall–Kier alpha value is -2.75. The van der Waals surface area contributed by atoms with Gasteiger partial charge >= 0.3 is 5.97 Å². The van der Waals surface area contributed by atoms with Gasteiger partial charge in [0.1, 0.15) is 12.3 Å². The highest BCUT2D eigenvalue weighted by molar-refractivity contribution is 7.89. The first-order chi connectivity index (χ1) is 13.2. The van der Waals surface area contributed by atoms with E-state index in [4.69, 9.17) is 16.3 Å². The highest BCUT2D eigenvalue weighted by atomic mass is 35.5. The zero-order chi connectivity index (χ0) is 20.5. The molecule has 28 heavy (non-hydrogen) atoms. The zero-order valence-electron chi connectivity index (χ0n) is 15.0. The van der Waals surface area contributed by atoms with Gasteiger partial charge in [0.2, 0.25) is 10.0 Å². The number of halogens is 1. The van der Waals surface area contributed by atoms with Gasteiger partial charge < -0.3 is 4.74 Å². The molecule has 0 saturated carbocycles. The Morgan fingerprint density at radius 3 is 2.75 bits per heavy atom. The summed E-state index contributed by atoms with van der Waals surface area (Å²) in [7, 11) is -2.49. The summed E-state index contributed by atoms with van der Waals surface area (Å²) < 4.78 is 32.6. The number of pyridine rings is 1. The van der Waals surface area contributed by atoms with E-state index in [2.05, 4.69) is 9.71 Å². The molecule has 0 unspecified atom stereocenters. The molecule has 0 bridgehead atoms. The van der Waals surface area contributed by atoms with E-state index in [9.17, 15) is 18.0 Å². The number of aryl methyl sites for hydroxylation is 1. The molecular weight excluding hydrogens is 406 g/mol. The Kier molecular flexibility index (Phi) is 5.50. The number of carbonyl (C=O) groups excluding carboxylic acids is 1. The third-order valence-electron chi connectivity index (χ3n) is 4.03. The summed E-state index contributed by atoms with van der Waals surface area (Å²) in [6.07, 6.45) is 1.60. The van der Waals surface area contributed by atoms with Gasteiger partial charge in [-0.25, -0.2) is 22.9 Å². The highest BCUT2D eigenvalue weighted by Crippen LogP contribution is 2.21. The van der Waals surface area contributed by atoms with Crippen molar-refractivity contribution in [2.24, 2.45) is 0 Å². The summed E-state index contributed by atoms with van der Waals surface area (Å²) in [5, 5.41) is 0.0439. The number of aromatic nitrogens is 2. The quantitative estimate of drug-likeness (QED) is 0.631. The first-order valence-electron chi connectivity index (χ1n) is 8.11. The summed E-state index contributed by atoms with van der Waals surface area (Å²) in [4.78, 5) is 28.8. The fourth-order valence-electron chi connectivity index (χ4n) is 2.55. The summed E-state index contributed by atoms with van der Waals surface area (Å²) in [6, 6.07) is 8.52. The number of hydrogen-bond acceptors (Lipinski definition) is 6. The molecule has 0 aliphatic heterocycles. The molecule has 146 valence electrons. The zero-order valence-corrected chi connectivity index (χ0v) is 16.5. The molecule has 0 atom stereocenters. The summed E-state index contributed by atoms with van der Waals surface area (Å²) in [6.45, 7) is 1.54. The molecule has 0 fully saturated rings. The monoisotopic (exact) mass is 421 g/mol. The summed E-state index contributed by atoms with van der Waals surface area (Å²) >= 11 is 6.01. The minimum absolute atomic E-state index is 0.0439. The van der Waals surface area contributed by atoms with Crippen molar-refractivity contribution in [3.8, 4) is 0 Å². The number of sulfonamides is 1. The van der Waals surface area contributed by atoms with Crippen LogP contribution in [0.2, 0.25) is 5.02 Å². The molecule has 0 radical (unpaired) electrons. The van der Waals surface area contributed by atoms with Gasteiger partial charge in [-0.05, 0) is 43.8 Å². The van der Waals surface area contributed by atoms with Crippen molar-refractivity contribution >= 4 is 33.2 Å². The van der Waals surface area contributed by atoms with Crippen molar-refractivity contribution in [3.05, 3.63) is 74.8 Å². The number of fused-ring (bicyclic) bond motifs is 1. The van der Waals surface area contributed by atoms with Crippen LogP contribution in [0.4, 0.5) is 0 Å². The van der Waals surface area contributed by atoms with Crippen LogP contribution in [0.5, 0.6) is 0 Å². The van der Waals surface area contributed by atoms with Gasteiger partial charge in [-0.1, -0.05) is 17.7 Å². The number of benzene rings is 1. The maximum atomic E-state index is 12.4. The van der Waals surface area contributed by atoms with Crippen molar-refractivity contribution in [3.63, 3.8) is 0 Å². The van der Waals surface area contributed by atoms with Crippen LogP contribution < -0.4 is 10.3 Å². The number of ether oxygens (including phenoxy) is 1. The Bertz CT molecular complexity index is 1240. The highest BCUT2D eigenvalue weighted by Gasteiger charge is 2.19. The van der Waals surface area contributed by atoms with E-state index < -0.39 is 16.0 Å². The predicted octanol–water partition coefficient (Wildman–Crippen LogP) is 1.92. The van der Waals surface area contributed by atoms with Crippen molar-refractivity contribution < 1.29 is 17.9 Å². The number of esters is 1. The van der Waals surface area contributed by atoms with E-state index in [1.807, 2.05) is 13.0 Å². The topological polar surface area (TPSA) is 107 Å². The molecule has 0 spiro atoms. The fourth-order valence-corrected chi connectivity index (χ4v) is 3.50. The summed E-state index contributed by atoms with van der Waals surface area (Å²) in [5.74, 6) is -0.829. The molecule has 3 aromatic rings. The third-order valence-corrected chi connectivity index (χ3v) is 5.77. The fraction of sp³-hybridized carbons (Fsp3) is 0.167. The van der Waals surface area contributed by atoms with Gasteiger partial charge in [0.05, 0.1) is 21.2 Å². The molecule has 0 aliphatic carbocycles. The van der Waals surface area contributed by atoms with E-state index >= 15 is 0 Å². The number of nitrogens with one attached hydrogen (secondary N) is 1. The average molecular weight is 422 g/mol. The van der Waals surface area contributed by atoms with Gasteiger partial charge in [-0.15, -0.1) is 0 Å². The van der Waals surface area contributed by atoms with Gasteiger partial charge in [0, 0.05) is 12.3 Å². The minimum atomic E-state index is -3.75. The molecule has 8 nitrogen and oxygen atoms in total. The number of hydrogen-bond donors (Lipinski definition) is 1. The molecule has 2 aromatic heterocycles. The molecule has 2 heterocycles. The van der Waals surface area contributed by atoms with Gasteiger partial charge in [-0.3, -0.25) is 9.20 Å². The summed E-state index contributed by atoms with van der Waals surface area (Å²) in [5.41, 5.74) is 1.11. The van der Waals surface area contributed by atoms with Crippen LogP contribution in [0.15, 0.2) is 52.3 Å². The van der Waals surface area contributed by atoms with Crippen molar-refractivity contribution in [1.29, 1.82) is 0 Å². The van der Waals surface area contributed by atoms with Crippen LogP contribution in [0.1, 0.15) is 21.6 Å². The van der Waals surface area contributed by atoms with Crippen molar-refractivity contribution in [2.45, 2.75) is 18.4 Å². The molecule has 1 N–H and O–H groups in total. The number of carbonyl (C=O) groups is 1. The Labute approximate surface area is 165 Å². The lowest BCUT2D eigenvalue weighted by Crippen LogP contribution is -2.19. The Morgan fingerprint density at radius 2 is 2.04 bits per heavy atom. The predicted molar refractivity (Wildman–Crippen MR) is 103 cm³/mol. The molecular formula is C18H16ClN3O5S. The van der Waals surface area contributed by atoms with Crippen LogP contribution in [0.3, 0.4) is 0 Å². The minimum Gasteiger partial charge on any atom is -0.456 e. The second kappa shape index (κ2) is 7.70. The second-order valence-electron chi connectivity index (χ2n) is 5.90. The lowest BCUT2D eigenvalue weighted by atomic mass is 10.2. The Balaban J connectivity index is 1.87. The van der Waals surface area contributed by atoms with Crippen LogP contribution in [-0.2, 0) is 21.4 Å².